The largest absolute Gasteiger partial charge is 0.309 e. The van der Waals surface area contributed by atoms with Gasteiger partial charge in [0.25, 0.3) is 0 Å². The summed E-state index contributed by atoms with van der Waals surface area (Å²) in [6.07, 6.45) is 11.2. The first-order chi connectivity index (χ1) is 8.16. The van der Waals surface area contributed by atoms with Crippen molar-refractivity contribution in [1.82, 2.24) is 5.32 Å². The van der Waals surface area contributed by atoms with Gasteiger partial charge in [-0.2, -0.15) is 0 Å². The molecule has 0 bridgehead atoms. The molecule has 0 radical (unpaired) electrons. The van der Waals surface area contributed by atoms with Crippen molar-refractivity contribution in [2.45, 2.75) is 51.0 Å². The summed E-state index contributed by atoms with van der Waals surface area (Å²) in [5.41, 5.74) is 0. The van der Waals surface area contributed by atoms with Crippen molar-refractivity contribution in [1.29, 1.82) is 0 Å². The lowest BCUT2D eigenvalue weighted by Crippen LogP contribution is -2.34. The summed E-state index contributed by atoms with van der Waals surface area (Å²) in [7, 11) is -2.90. The van der Waals surface area contributed by atoms with Crippen LogP contribution in [0.4, 0.5) is 0 Å². The molecular formula is C13H23NO2S. The average molecular weight is 257 g/mol. The van der Waals surface area contributed by atoms with E-state index in [0.29, 0.717) is 0 Å². The van der Waals surface area contributed by atoms with Crippen molar-refractivity contribution in [3.05, 3.63) is 11.5 Å². The summed E-state index contributed by atoms with van der Waals surface area (Å²) < 4.78 is 22.5. The van der Waals surface area contributed by atoms with E-state index in [1.807, 2.05) is 0 Å². The fourth-order valence-corrected chi connectivity index (χ4v) is 4.04. The molecule has 0 aromatic rings. The lowest BCUT2D eigenvalue weighted by molar-refractivity contribution is 0.357. The standard InChI is InChI=1S/C13H23NO2S/c15-17(16)9-8-13(11-17)14-10-12-6-4-2-1-3-5-7-12/h8-9,12-14H,1-7,10-11H2. The van der Waals surface area contributed by atoms with Gasteiger partial charge in [0.15, 0.2) is 9.84 Å². The predicted octanol–water partition coefficient (Wildman–Crippen LogP) is 2.25. The van der Waals surface area contributed by atoms with Gasteiger partial charge in [0.05, 0.1) is 5.75 Å². The minimum Gasteiger partial charge on any atom is -0.309 e. The van der Waals surface area contributed by atoms with Crippen molar-refractivity contribution >= 4 is 9.84 Å². The second-order valence-electron chi connectivity index (χ2n) is 5.38. The molecule has 2 rings (SSSR count). The first-order valence-corrected chi connectivity index (χ1v) is 8.52. The fourth-order valence-electron chi connectivity index (χ4n) is 2.77. The van der Waals surface area contributed by atoms with E-state index in [4.69, 9.17) is 0 Å². The van der Waals surface area contributed by atoms with Gasteiger partial charge in [0, 0.05) is 11.4 Å². The fraction of sp³-hybridized carbons (Fsp3) is 0.846. The Balaban J connectivity index is 1.72. The number of nitrogens with one attached hydrogen (secondary N) is 1. The van der Waals surface area contributed by atoms with Gasteiger partial charge in [0.2, 0.25) is 0 Å². The maximum atomic E-state index is 11.3. The number of rotatable bonds is 3. The Bertz CT molecular complexity index is 354. The molecule has 1 N–H and O–H groups in total. The Kier molecular flexibility index (Phi) is 4.62. The Morgan fingerprint density at radius 3 is 2.29 bits per heavy atom. The Hall–Kier alpha value is -0.350. The summed E-state index contributed by atoms with van der Waals surface area (Å²) in [5, 5.41) is 4.74. The van der Waals surface area contributed by atoms with E-state index in [1.54, 1.807) is 6.08 Å². The SMILES string of the molecule is O=S1(=O)C=CC(NCC2CCCCCCC2)C1. The zero-order valence-corrected chi connectivity index (χ0v) is 11.2. The molecule has 1 unspecified atom stereocenters. The molecule has 0 aromatic heterocycles. The highest BCUT2D eigenvalue weighted by Gasteiger charge is 2.22. The number of hydrogen-bond donors (Lipinski definition) is 1. The maximum absolute atomic E-state index is 11.3. The summed E-state index contributed by atoms with van der Waals surface area (Å²) in [5.74, 6) is 0.992. The van der Waals surface area contributed by atoms with Crippen LogP contribution in [0.2, 0.25) is 0 Å². The molecule has 4 heteroatoms. The van der Waals surface area contributed by atoms with Crippen molar-refractivity contribution < 1.29 is 8.42 Å². The zero-order chi connectivity index (χ0) is 12.1. The maximum Gasteiger partial charge on any atom is 0.173 e. The van der Waals surface area contributed by atoms with Crippen LogP contribution in [0.3, 0.4) is 0 Å². The molecule has 1 saturated carbocycles. The van der Waals surface area contributed by atoms with Crippen LogP contribution in [0.1, 0.15) is 44.9 Å². The summed E-state index contributed by atoms with van der Waals surface area (Å²) >= 11 is 0. The quantitative estimate of drug-likeness (QED) is 0.843. The van der Waals surface area contributed by atoms with Crippen LogP contribution >= 0.6 is 0 Å². The molecule has 0 spiro atoms. The first kappa shape index (κ1) is 13.1. The van der Waals surface area contributed by atoms with Crippen LogP contribution in [-0.2, 0) is 9.84 Å². The second kappa shape index (κ2) is 6.01. The molecule has 1 aliphatic carbocycles. The lowest BCUT2D eigenvalue weighted by Gasteiger charge is -2.21. The highest BCUT2D eigenvalue weighted by Crippen LogP contribution is 2.22. The molecule has 17 heavy (non-hydrogen) atoms. The van der Waals surface area contributed by atoms with Gasteiger partial charge >= 0.3 is 0 Å². The minimum atomic E-state index is -2.90. The topological polar surface area (TPSA) is 46.2 Å². The zero-order valence-electron chi connectivity index (χ0n) is 10.4. The summed E-state index contributed by atoms with van der Waals surface area (Å²) in [6.45, 7) is 0.977. The predicted molar refractivity (Wildman–Crippen MR) is 70.5 cm³/mol. The van der Waals surface area contributed by atoms with Gasteiger partial charge in [0.1, 0.15) is 0 Å². The third-order valence-electron chi connectivity index (χ3n) is 3.82. The lowest BCUT2D eigenvalue weighted by atomic mass is 9.91. The first-order valence-electron chi connectivity index (χ1n) is 6.80. The van der Waals surface area contributed by atoms with Crippen molar-refractivity contribution in [2.24, 2.45) is 5.92 Å². The van der Waals surface area contributed by atoms with Gasteiger partial charge in [-0.1, -0.05) is 38.2 Å². The van der Waals surface area contributed by atoms with Gasteiger partial charge in [-0.15, -0.1) is 0 Å². The highest BCUT2D eigenvalue weighted by molar-refractivity contribution is 7.94. The molecule has 0 saturated heterocycles. The highest BCUT2D eigenvalue weighted by atomic mass is 32.2. The van der Waals surface area contributed by atoms with E-state index < -0.39 is 9.84 Å². The summed E-state index contributed by atoms with van der Waals surface area (Å²) in [6, 6.07) is 0.0467. The van der Waals surface area contributed by atoms with Crippen LogP contribution in [0.15, 0.2) is 11.5 Å². The normalized spacial score (nSPS) is 30.0. The van der Waals surface area contributed by atoms with Gasteiger partial charge in [-0.05, 0) is 25.3 Å². The van der Waals surface area contributed by atoms with Crippen molar-refractivity contribution in [3.63, 3.8) is 0 Å². The molecule has 1 atom stereocenters. The van der Waals surface area contributed by atoms with E-state index in [9.17, 15) is 8.42 Å². The van der Waals surface area contributed by atoms with Crippen LogP contribution in [0.25, 0.3) is 0 Å². The van der Waals surface area contributed by atoms with E-state index in [2.05, 4.69) is 5.32 Å². The van der Waals surface area contributed by atoms with Crippen molar-refractivity contribution in [3.8, 4) is 0 Å². The van der Waals surface area contributed by atoms with Crippen LogP contribution in [0.5, 0.6) is 0 Å². The van der Waals surface area contributed by atoms with E-state index >= 15 is 0 Å². The van der Waals surface area contributed by atoms with Gasteiger partial charge in [-0.25, -0.2) is 8.42 Å². The monoisotopic (exact) mass is 257 g/mol. The molecule has 0 aromatic carbocycles. The minimum absolute atomic E-state index is 0.0467. The molecule has 1 heterocycles. The third kappa shape index (κ3) is 4.43. The van der Waals surface area contributed by atoms with E-state index in [1.165, 1.54) is 50.4 Å². The molecule has 3 nitrogen and oxygen atoms in total. The molecule has 1 fully saturated rings. The second-order valence-corrected chi connectivity index (χ2v) is 7.32. The number of sulfone groups is 1. The van der Waals surface area contributed by atoms with Crippen LogP contribution in [0, 0.1) is 5.92 Å². The van der Waals surface area contributed by atoms with E-state index in [0.717, 1.165) is 12.5 Å². The van der Waals surface area contributed by atoms with Crippen LogP contribution in [-0.4, -0.2) is 26.8 Å². The molecule has 0 amide bonds. The van der Waals surface area contributed by atoms with Crippen molar-refractivity contribution in [2.75, 3.05) is 12.3 Å². The summed E-state index contributed by atoms with van der Waals surface area (Å²) in [4.78, 5) is 0. The molecule has 2 aliphatic rings. The smallest absolute Gasteiger partial charge is 0.173 e. The third-order valence-corrected chi connectivity index (χ3v) is 5.22. The molecule has 98 valence electrons. The van der Waals surface area contributed by atoms with Gasteiger partial charge in [-0.3, -0.25) is 0 Å². The van der Waals surface area contributed by atoms with Gasteiger partial charge < -0.3 is 5.32 Å². The Morgan fingerprint density at radius 1 is 1.06 bits per heavy atom. The Labute approximate surface area is 105 Å². The average Bonchev–Trinajstić information content (AvgIpc) is 2.57. The van der Waals surface area contributed by atoms with Crippen LogP contribution < -0.4 is 5.32 Å². The molecule has 1 aliphatic heterocycles. The number of hydrogen-bond acceptors (Lipinski definition) is 3. The Morgan fingerprint density at radius 2 is 1.71 bits per heavy atom. The molecular weight excluding hydrogens is 234 g/mol. The van der Waals surface area contributed by atoms with E-state index in [-0.39, 0.29) is 11.8 Å².